The highest BCUT2D eigenvalue weighted by Gasteiger charge is 2.13. The van der Waals surface area contributed by atoms with Gasteiger partial charge in [-0.15, -0.1) is 0 Å². The number of rotatable bonds is 4. The smallest absolute Gasteiger partial charge is 0.319 e. The molecular weight excluding hydrogens is 319 g/mol. The Hall–Kier alpha value is -3.15. The summed E-state index contributed by atoms with van der Waals surface area (Å²) in [6.07, 6.45) is 0. The van der Waals surface area contributed by atoms with Crippen LogP contribution in [0.4, 0.5) is 14.9 Å². The Morgan fingerprint density at radius 2 is 1.76 bits per heavy atom. The van der Waals surface area contributed by atoms with Crippen LogP contribution in [0, 0.1) is 19.7 Å². The van der Waals surface area contributed by atoms with E-state index >= 15 is 0 Å². The molecule has 0 saturated carbocycles. The number of hydrogen-bond donors (Lipinski definition) is 2. The highest BCUT2D eigenvalue weighted by molar-refractivity contribution is 5.89. The molecule has 0 saturated heterocycles. The van der Waals surface area contributed by atoms with Crippen LogP contribution in [-0.2, 0) is 6.54 Å². The lowest BCUT2D eigenvalue weighted by Crippen LogP contribution is -2.28. The maximum Gasteiger partial charge on any atom is 0.319 e. The summed E-state index contributed by atoms with van der Waals surface area (Å²) in [5.74, 6) is -0.342. The molecule has 1 aromatic heterocycles. The molecule has 2 amide bonds. The molecule has 0 bridgehead atoms. The van der Waals surface area contributed by atoms with E-state index in [1.54, 1.807) is 0 Å². The van der Waals surface area contributed by atoms with E-state index in [1.807, 2.05) is 48.9 Å². The van der Waals surface area contributed by atoms with E-state index in [4.69, 9.17) is 0 Å². The van der Waals surface area contributed by atoms with Crippen molar-refractivity contribution >= 4 is 11.7 Å². The molecule has 0 aliphatic rings. The van der Waals surface area contributed by atoms with Crippen molar-refractivity contribution in [3.63, 3.8) is 0 Å². The number of hydrogen-bond acceptors (Lipinski definition) is 2. The minimum Gasteiger partial charge on any atom is -0.334 e. The van der Waals surface area contributed by atoms with E-state index in [9.17, 15) is 9.18 Å². The number of urea groups is 1. The molecule has 3 aromatic rings. The number of nitrogens with one attached hydrogen (secondary N) is 2. The molecular formula is C19H19FN4O. The SMILES string of the molecule is Cc1nn(-c2ccccc2)c(C)c1CNC(=O)Nc1ccc(F)cc1. The van der Waals surface area contributed by atoms with Crippen LogP contribution in [0.15, 0.2) is 54.6 Å². The van der Waals surface area contributed by atoms with Crippen molar-refractivity contribution in [2.45, 2.75) is 20.4 Å². The standard InChI is InChI=1S/C19H19FN4O/c1-13-18(14(2)24(23-13)17-6-4-3-5-7-17)12-21-19(25)22-16-10-8-15(20)9-11-16/h3-11H,12H2,1-2H3,(H2,21,22,25). The van der Waals surface area contributed by atoms with Gasteiger partial charge in [0.2, 0.25) is 0 Å². The zero-order valence-corrected chi connectivity index (χ0v) is 14.1. The van der Waals surface area contributed by atoms with Gasteiger partial charge in [-0.2, -0.15) is 5.10 Å². The summed E-state index contributed by atoms with van der Waals surface area (Å²) >= 11 is 0. The molecule has 0 radical (unpaired) electrons. The summed E-state index contributed by atoms with van der Waals surface area (Å²) in [6.45, 7) is 4.25. The fourth-order valence-corrected chi connectivity index (χ4v) is 2.63. The Morgan fingerprint density at radius 1 is 1.08 bits per heavy atom. The number of carbonyl (C=O) groups is 1. The van der Waals surface area contributed by atoms with E-state index in [-0.39, 0.29) is 11.8 Å². The Labute approximate surface area is 145 Å². The number of halogens is 1. The van der Waals surface area contributed by atoms with E-state index in [2.05, 4.69) is 15.7 Å². The average molecular weight is 338 g/mol. The number of amides is 2. The van der Waals surface area contributed by atoms with Gasteiger partial charge in [0, 0.05) is 23.5 Å². The lowest BCUT2D eigenvalue weighted by atomic mass is 10.2. The van der Waals surface area contributed by atoms with E-state index in [0.29, 0.717) is 12.2 Å². The summed E-state index contributed by atoms with van der Waals surface area (Å²) in [6, 6.07) is 15.1. The first-order valence-corrected chi connectivity index (χ1v) is 7.95. The van der Waals surface area contributed by atoms with Crippen LogP contribution in [0.3, 0.4) is 0 Å². The highest BCUT2D eigenvalue weighted by Crippen LogP contribution is 2.17. The molecule has 0 aliphatic heterocycles. The first-order chi connectivity index (χ1) is 12.0. The van der Waals surface area contributed by atoms with Crippen molar-refractivity contribution in [1.29, 1.82) is 0 Å². The van der Waals surface area contributed by atoms with Crippen LogP contribution in [0.2, 0.25) is 0 Å². The molecule has 2 aromatic carbocycles. The van der Waals surface area contributed by atoms with Gasteiger partial charge in [0.05, 0.1) is 11.4 Å². The van der Waals surface area contributed by atoms with Crippen molar-refractivity contribution in [2.24, 2.45) is 0 Å². The van der Waals surface area contributed by atoms with Gasteiger partial charge < -0.3 is 10.6 Å². The molecule has 0 fully saturated rings. The van der Waals surface area contributed by atoms with Crippen LogP contribution < -0.4 is 10.6 Å². The second-order valence-corrected chi connectivity index (χ2v) is 5.71. The summed E-state index contributed by atoms with van der Waals surface area (Å²) in [4.78, 5) is 12.0. The Balaban J connectivity index is 1.68. The Bertz CT molecular complexity index is 872. The lowest BCUT2D eigenvalue weighted by molar-refractivity contribution is 0.251. The second kappa shape index (κ2) is 7.17. The van der Waals surface area contributed by atoms with Crippen molar-refractivity contribution in [2.75, 3.05) is 5.32 Å². The second-order valence-electron chi connectivity index (χ2n) is 5.71. The Morgan fingerprint density at radius 3 is 2.44 bits per heavy atom. The number of anilines is 1. The summed E-state index contributed by atoms with van der Waals surface area (Å²) in [5, 5.41) is 10.0. The van der Waals surface area contributed by atoms with Gasteiger partial charge >= 0.3 is 6.03 Å². The minimum atomic E-state index is -0.349. The zero-order chi connectivity index (χ0) is 17.8. The molecule has 6 heteroatoms. The summed E-state index contributed by atoms with van der Waals surface area (Å²) in [5.41, 5.74) is 4.32. The van der Waals surface area contributed by atoms with Crippen molar-refractivity contribution in [3.8, 4) is 5.69 Å². The number of nitrogens with zero attached hydrogens (tertiary/aromatic N) is 2. The van der Waals surface area contributed by atoms with Gasteiger partial charge in [-0.05, 0) is 50.2 Å². The molecule has 5 nitrogen and oxygen atoms in total. The molecule has 2 N–H and O–H groups in total. The van der Waals surface area contributed by atoms with E-state index in [0.717, 1.165) is 22.6 Å². The predicted octanol–water partition coefficient (Wildman–Crippen LogP) is 3.95. The van der Waals surface area contributed by atoms with Crippen LogP contribution in [0.5, 0.6) is 0 Å². The maximum absolute atomic E-state index is 12.9. The van der Waals surface area contributed by atoms with Crippen LogP contribution in [0.1, 0.15) is 17.0 Å². The highest BCUT2D eigenvalue weighted by atomic mass is 19.1. The number of benzene rings is 2. The van der Waals surface area contributed by atoms with Gasteiger partial charge in [0.25, 0.3) is 0 Å². The van der Waals surface area contributed by atoms with Gasteiger partial charge in [0.1, 0.15) is 5.82 Å². The summed E-state index contributed by atoms with van der Waals surface area (Å²) in [7, 11) is 0. The van der Waals surface area contributed by atoms with Crippen molar-refractivity contribution < 1.29 is 9.18 Å². The quantitative estimate of drug-likeness (QED) is 0.757. The van der Waals surface area contributed by atoms with E-state index < -0.39 is 0 Å². The molecule has 0 unspecified atom stereocenters. The van der Waals surface area contributed by atoms with Gasteiger partial charge in [0.15, 0.2) is 0 Å². The lowest BCUT2D eigenvalue weighted by Gasteiger charge is -2.08. The molecule has 3 rings (SSSR count). The topological polar surface area (TPSA) is 59.0 Å². The number of carbonyl (C=O) groups excluding carboxylic acids is 1. The van der Waals surface area contributed by atoms with Gasteiger partial charge in [-0.25, -0.2) is 13.9 Å². The minimum absolute atomic E-state index is 0.342. The summed E-state index contributed by atoms with van der Waals surface area (Å²) < 4.78 is 14.8. The molecule has 0 spiro atoms. The largest absolute Gasteiger partial charge is 0.334 e. The van der Waals surface area contributed by atoms with Crippen LogP contribution >= 0.6 is 0 Å². The molecule has 0 atom stereocenters. The third kappa shape index (κ3) is 3.85. The maximum atomic E-state index is 12.9. The number of aryl methyl sites for hydroxylation is 1. The van der Waals surface area contributed by atoms with E-state index in [1.165, 1.54) is 24.3 Å². The fourth-order valence-electron chi connectivity index (χ4n) is 2.63. The van der Waals surface area contributed by atoms with Gasteiger partial charge in [-0.3, -0.25) is 0 Å². The first-order valence-electron chi connectivity index (χ1n) is 7.95. The zero-order valence-electron chi connectivity index (χ0n) is 14.1. The molecule has 25 heavy (non-hydrogen) atoms. The third-order valence-corrected chi connectivity index (χ3v) is 3.97. The monoisotopic (exact) mass is 338 g/mol. The Kier molecular flexibility index (Phi) is 4.79. The van der Waals surface area contributed by atoms with Gasteiger partial charge in [-0.1, -0.05) is 18.2 Å². The first kappa shape index (κ1) is 16.7. The fraction of sp³-hybridized carbons (Fsp3) is 0.158. The van der Waals surface area contributed by atoms with Crippen LogP contribution in [-0.4, -0.2) is 15.8 Å². The molecule has 0 aliphatic carbocycles. The average Bonchev–Trinajstić information content (AvgIpc) is 2.90. The third-order valence-electron chi connectivity index (χ3n) is 3.97. The molecule has 128 valence electrons. The predicted molar refractivity (Wildman–Crippen MR) is 95.3 cm³/mol. The molecule has 1 heterocycles. The van der Waals surface area contributed by atoms with Crippen LogP contribution in [0.25, 0.3) is 5.69 Å². The number of aromatic nitrogens is 2. The van der Waals surface area contributed by atoms with Crippen molar-refractivity contribution in [3.05, 3.63) is 77.4 Å². The van der Waals surface area contributed by atoms with Crippen molar-refractivity contribution in [1.82, 2.24) is 15.1 Å². The number of para-hydroxylation sites is 1. The normalized spacial score (nSPS) is 10.5.